The quantitative estimate of drug-likeness (QED) is 0.336. The van der Waals surface area contributed by atoms with Crippen LogP contribution in [0.3, 0.4) is 0 Å². The number of aryl methyl sites for hydroxylation is 1. The van der Waals surface area contributed by atoms with Crippen LogP contribution in [0.1, 0.15) is 23.9 Å². The largest absolute Gasteiger partial charge is 0.355 e. The van der Waals surface area contributed by atoms with Crippen molar-refractivity contribution in [1.29, 1.82) is 0 Å². The highest BCUT2D eigenvalue weighted by atomic mass is 32.2. The third-order valence-corrected chi connectivity index (χ3v) is 5.70. The summed E-state index contributed by atoms with van der Waals surface area (Å²) in [6.45, 7) is 6.66. The van der Waals surface area contributed by atoms with E-state index in [1.807, 2.05) is 44.2 Å². The van der Waals surface area contributed by atoms with Crippen molar-refractivity contribution in [1.82, 2.24) is 20.2 Å². The fraction of sp³-hybridized carbons (Fsp3) is 0.304. The third-order valence-electron chi connectivity index (χ3n) is 4.59. The van der Waals surface area contributed by atoms with Gasteiger partial charge in [-0.15, -0.1) is 11.8 Å². The Labute approximate surface area is 177 Å². The number of aliphatic imine (C=N–C) groups is 1. The van der Waals surface area contributed by atoms with Crippen LogP contribution in [0.4, 0.5) is 0 Å². The van der Waals surface area contributed by atoms with E-state index in [1.165, 1.54) is 16.0 Å². The number of rotatable bonds is 8. The number of nitrogens with zero attached hydrogens (tertiary/aromatic N) is 3. The van der Waals surface area contributed by atoms with Crippen molar-refractivity contribution in [2.24, 2.45) is 4.99 Å². The molecule has 1 heterocycles. The lowest BCUT2D eigenvalue weighted by Gasteiger charge is -2.16. The van der Waals surface area contributed by atoms with Crippen molar-refractivity contribution in [2.45, 2.75) is 37.1 Å². The highest BCUT2D eigenvalue weighted by Crippen LogP contribution is 2.21. The average Bonchev–Trinajstić information content (AvgIpc) is 3.13. The summed E-state index contributed by atoms with van der Waals surface area (Å²) < 4.78 is 2.15. The van der Waals surface area contributed by atoms with Gasteiger partial charge in [-0.2, -0.15) is 0 Å². The molecule has 0 aliphatic heterocycles. The molecule has 29 heavy (non-hydrogen) atoms. The van der Waals surface area contributed by atoms with Crippen LogP contribution in [0.15, 0.2) is 76.9 Å². The van der Waals surface area contributed by atoms with E-state index in [-0.39, 0.29) is 0 Å². The van der Waals surface area contributed by atoms with Crippen molar-refractivity contribution in [3.05, 3.63) is 83.9 Å². The highest BCUT2D eigenvalue weighted by Gasteiger charge is 2.06. The van der Waals surface area contributed by atoms with Gasteiger partial charge in [0.2, 0.25) is 0 Å². The Morgan fingerprint density at radius 3 is 2.62 bits per heavy atom. The smallest absolute Gasteiger partial charge is 0.191 e. The number of nitrogens with one attached hydrogen (secondary N) is 2. The summed E-state index contributed by atoms with van der Waals surface area (Å²) in [5.74, 6) is 1.85. The van der Waals surface area contributed by atoms with E-state index in [0.717, 1.165) is 31.4 Å². The van der Waals surface area contributed by atoms with Crippen molar-refractivity contribution in [3.63, 3.8) is 0 Å². The van der Waals surface area contributed by atoms with Crippen molar-refractivity contribution >= 4 is 17.7 Å². The van der Waals surface area contributed by atoms with Crippen LogP contribution >= 0.6 is 11.8 Å². The van der Waals surface area contributed by atoms with Crippen LogP contribution in [0.2, 0.25) is 0 Å². The Kier molecular flexibility index (Phi) is 7.76. The molecule has 0 radical (unpaired) electrons. The van der Waals surface area contributed by atoms with E-state index in [0.29, 0.717) is 5.25 Å². The number of thioether (sulfide) groups is 1. The average molecular weight is 408 g/mol. The summed E-state index contributed by atoms with van der Waals surface area (Å²) in [5.41, 5.74) is 2.50. The van der Waals surface area contributed by atoms with Gasteiger partial charge < -0.3 is 15.2 Å². The maximum Gasteiger partial charge on any atom is 0.191 e. The number of guanidine groups is 1. The monoisotopic (exact) mass is 407 g/mol. The molecule has 1 aromatic heterocycles. The predicted octanol–water partition coefficient (Wildman–Crippen LogP) is 4.09. The number of hydrogen-bond acceptors (Lipinski definition) is 3. The molecule has 0 bridgehead atoms. The second-order valence-electron chi connectivity index (χ2n) is 6.97. The van der Waals surface area contributed by atoms with Crippen molar-refractivity contribution < 1.29 is 0 Å². The van der Waals surface area contributed by atoms with E-state index < -0.39 is 0 Å². The summed E-state index contributed by atoms with van der Waals surface area (Å²) in [7, 11) is 1.81. The Morgan fingerprint density at radius 2 is 1.90 bits per heavy atom. The maximum atomic E-state index is 4.35. The van der Waals surface area contributed by atoms with Gasteiger partial charge >= 0.3 is 0 Å². The lowest BCUT2D eigenvalue weighted by atomic mass is 10.1. The van der Waals surface area contributed by atoms with Crippen LogP contribution in [0.25, 0.3) is 0 Å². The van der Waals surface area contributed by atoms with Crippen molar-refractivity contribution in [2.75, 3.05) is 13.6 Å². The Bertz CT molecular complexity index is 920. The maximum absolute atomic E-state index is 4.35. The van der Waals surface area contributed by atoms with Gasteiger partial charge in [-0.05, 0) is 30.2 Å². The first-order valence-corrected chi connectivity index (χ1v) is 10.7. The molecular formula is C23H29N5S. The van der Waals surface area contributed by atoms with Crippen LogP contribution < -0.4 is 10.6 Å². The first-order valence-electron chi connectivity index (χ1n) is 9.86. The van der Waals surface area contributed by atoms with E-state index >= 15 is 0 Å². The van der Waals surface area contributed by atoms with Gasteiger partial charge in [0.15, 0.2) is 5.96 Å². The normalized spacial score (nSPS) is 12.6. The molecule has 2 N–H and O–H groups in total. The minimum Gasteiger partial charge on any atom is -0.355 e. The van der Waals surface area contributed by atoms with E-state index in [9.17, 15) is 0 Å². The molecule has 2 aromatic carbocycles. The van der Waals surface area contributed by atoms with Crippen molar-refractivity contribution in [3.8, 4) is 0 Å². The summed E-state index contributed by atoms with van der Waals surface area (Å²) in [5, 5.41) is 7.28. The van der Waals surface area contributed by atoms with Gasteiger partial charge in [0.1, 0.15) is 5.82 Å². The molecule has 0 amide bonds. The van der Waals surface area contributed by atoms with Gasteiger partial charge in [-0.25, -0.2) is 4.98 Å². The lowest BCUT2D eigenvalue weighted by Crippen LogP contribution is -2.39. The van der Waals surface area contributed by atoms with Gasteiger partial charge in [0, 0.05) is 49.2 Å². The molecule has 6 heteroatoms. The van der Waals surface area contributed by atoms with E-state index in [1.54, 1.807) is 0 Å². The first-order chi connectivity index (χ1) is 14.1. The molecule has 0 saturated heterocycles. The SMILES string of the molecule is CN=C(NCc1cccc(Cn2ccnc2C)c1)NCC(C)Sc1ccccc1. The second kappa shape index (κ2) is 10.7. The molecular weight excluding hydrogens is 378 g/mol. The molecule has 0 aliphatic carbocycles. The standard InChI is InChI=1S/C23H29N5S/c1-18(29-22-10-5-4-6-11-22)15-26-23(24-3)27-16-20-8-7-9-21(14-20)17-28-13-12-25-19(28)2/h4-14,18H,15-17H2,1-3H3,(H2,24,26,27). The zero-order valence-electron chi connectivity index (χ0n) is 17.3. The van der Waals surface area contributed by atoms with Crippen LogP contribution in [0.5, 0.6) is 0 Å². The Balaban J connectivity index is 1.48. The summed E-state index contributed by atoms with van der Waals surface area (Å²) in [6.07, 6.45) is 3.86. The van der Waals surface area contributed by atoms with Gasteiger partial charge in [0.25, 0.3) is 0 Å². The summed E-state index contributed by atoms with van der Waals surface area (Å²) in [6, 6.07) is 19.1. The fourth-order valence-electron chi connectivity index (χ4n) is 3.03. The summed E-state index contributed by atoms with van der Waals surface area (Å²) >= 11 is 1.86. The van der Waals surface area contributed by atoms with Gasteiger partial charge in [-0.1, -0.05) is 49.4 Å². The van der Waals surface area contributed by atoms with Crippen LogP contribution in [-0.2, 0) is 13.1 Å². The predicted molar refractivity (Wildman–Crippen MR) is 122 cm³/mol. The Hall–Kier alpha value is -2.73. The highest BCUT2D eigenvalue weighted by molar-refractivity contribution is 8.00. The number of aromatic nitrogens is 2. The Morgan fingerprint density at radius 1 is 1.10 bits per heavy atom. The van der Waals surface area contributed by atoms with Gasteiger partial charge in [0.05, 0.1) is 0 Å². The van der Waals surface area contributed by atoms with E-state index in [4.69, 9.17) is 0 Å². The minimum absolute atomic E-state index is 0.442. The molecule has 0 aliphatic rings. The van der Waals surface area contributed by atoms with E-state index in [2.05, 4.69) is 80.6 Å². The third kappa shape index (κ3) is 6.68. The molecule has 0 spiro atoms. The van der Waals surface area contributed by atoms with Crippen LogP contribution in [0, 0.1) is 6.92 Å². The minimum atomic E-state index is 0.442. The number of hydrogen-bond donors (Lipinski definition) is 2. The van der Waals surface area contributed by atoms with Crippen LogP contribution in [-0.4, -0.2) is 34.4 Å². The fourth-order valence-corrected chi connectivity index (χ4v) is 3.97. The summed E-state index contributed by atoms with van der Waals surface area (Å²) in [4.78, 5) is 9.93. The molecule has 3 rings (SSSR count). The molecule has 152 valence electrons. The van der Waals surface area contributed by atoms with Gasteiger partial charge in [-0.3, -0.25) is 4.99 Å². The number of benzene rings is 2. The second-order valence-corrected chi connectivity index (χ2v) is 8.48. The molecule has 1 atom stereocenters. The molecule has 0 saturated carbocycles. The lowest BCUT2D eigenvalue weighted by molar-refractivity contribution is 0.757. The molecule has 1 unspecified atom stereocenters. The topological polar surface area (TPSA) is 54.2 Å². The zero-order valence-corrected chi connectivity index (χ0v) is 18.1. The zero-order chi connectivity index (χ0) is 20.5. The molecule has 0 fully saturated rings. The molecule has 5 nitrogen and oxygen atoms in total. The number of imidazole rings is 1. The molecule has 3 aromatic rings. The first kappa shape index (κ1) is 21.0.